The van der Waals surface area contributed by atoms with Gasteiger partial charge in [0.15, 0.2) is 0 Å². The van der Waals surface area contributed by atoms with Crippen molar-refractivity contribution in [3.63, 3.8) is 0 Å². The Labute approximate surface area is 119 Å². The number of rotatable bonds is 5. The summed E-state index contributed by atoms with van der Waals surface area (Å²) < 4.78 is 5.59. The summed E-state index contributed by atoms with van der Waals surface area (Å²) >= 11 is 0. The van der Waals surface area contributed by atoms with Crippen LogP contribution in [0.5, 0.6) is 5.75 Å². The Bertz CT molecular complexity index is 500. The minimum absolute atomic E-state index is 0.00461. The molecular weight excluding hydrogens is 254 g/mol. The van der Waals surface area contributed by atoms with Gasteiger partial charge >= 0.3 is 0 Å². The number of hydrogen-bond donors (Lipinski definition) is 2. The van der Waals surface area contributed by atoms with Crippen LogP contribution in [-0.4, -0.2) is 39.2 Å². The lowest BCUT2D eigenvalue weighted by Crippen LogP contribution is -2.30. The van der Waals surface area contributed by atoms with Crippen LogP contribution in [0.3, 0.4) is 0 Å². The number of carbonyl (C=O) groups is 1. The standard InChI is InChI=1S/C15H21N3O2/c1-18-6-7-20-14-5-4-12(8-13(14)18)17-15(19)10-16-9-11-2-3-11/h4-5,8,11,16H,2-3,6-7,9-10H2,1H3,(H,17,19). The van der Waals surface area contributed by atoms with E-state index in [1.807, 2.05) is 25.2 Å². The minimum atomic E-state index is 0.00461. The van der Waals surface area contributed by atoms with Gasteiger partial charge in [0.2, 0.25) is 5.91 Å². The molecule has 1 fully saturated rings. The van der Waals surface area contributed by atoms with Gasteiger partial charge in [-0.2, -0.15) is 0 Å². The van der Waals surface area contributed by atoms with E-state index in [1.54, 1.807) is 0 Å². The SMILES string of the molecule is CN1CCOc2ccc(NC(=O)CNCC3CC3)cc21. The molecule has 2 aliphatic rings. The van der Waals surface area contributed by atoms with E-state index in [2.05, 4.69) is 15.5 Å². The summed E-state index contributed by atoms with van der Waals surface area (Å²) in [5.41, 5.74) is 1.85. The highest BCUT2D eigenvalue weighted by atomic mass is 16.5. The van der Waals surface area contributed by atoms with Gasteiger partial charge in [-0.05, 0) is 43.5 Å². The Morgan fingerprint density at radius 3 is 3.10 bits per heavy atom. The zero-order valence-corrected chi connectivity index (χ0v) is 11.8. The van der Waals surface area contributed by atoms with Gasteiger partial charge in [0.05, 0.1) is 18.8 Å². The number of benzene rings is 1. The molecule has 1 aliphatic carbocycles. The molecule has 2 N–H and O–H groups in total. The topological polar surface area (TPSA) is 53.6 Å². The second kappa shape index (κ2) is 5.71. The molecule has 1 aromatic carbocycles. The molecule has 5 nitrogen and oxygen atoms in total. The zero-order valence-electron chi connectivity index (χ0n) is 11.8. The van der Waals surface area contributed by atoms with E-state index in [9.17, 15) is 4.79 Å². The van der Waals surface area contributed by atoms with Gasteiger partial charge in [0.1, 0.15) is 12.4 Å². The largest absolute Gasteiger partial charge is 0.490 e. The highest BCUT2D eigenvalue weighted by molar-refractivity contribution is 5.93. The molecule has 0 saturated heterocycles. The van der Waals surface area contributed by atoms with Crippen molar-refractivity contribution in [2.45, 2.75) is 12.8 Å². The summed E-state index contributed by atoms with van der Waals surface area (Å²) in [4.78, 5) is 14.0. The number of likely N-dealkylation sites (N-methyl/N-ethyl adjacent to an activating group) is 1. The molecular formula is C15H21N3O2. The Kier molecular flexibility index (Phi) is 3.78. The lowest BCUT2D eigenvalue weighted by molar-refractivity contribution is -0.115. The van der Waals surface area contributed by atoms with Crippen molar-refractivity contribution >= 4 is 17.3 Å². The van der Waals surface area contributed by atoms with Crippen LogP contribution in [0.2, 0.25) is 0 Å². The molecule has 0 spiro atoms. The molecule has 0 unspecified atom stereocenters. The second-order valence-electron chi connectivity index (χ2n) is 5.57. The maximum atomic E-state index is 11.8. The molecule has 1 amide bonds. The Hall–Kier alpha value is -1.75. The first kappa shape index (κ1) is 13.2. The van der Waals surface area contributed by atoms with Gasteiger partial charge in [-0.3, -0.25) is 4.79 Å². The van der Waals surface area contributed by atoms with Crippen LogP contribution in [0.4, 0.5) is 11.4 Å². The Morgan fingerprint density at radius 2 is 2.30 bits per heavy atom. The van der Waals surface area contributed by atoms with Crippen molar-refractivity contribution in [2.24, 2.45) is 5.92 Å². The van der Waals surface area contributed by atoms with Crippen molar-refractivity contribution in [3.8, 4) is 5.75 Å². The third kappa shape index (κ3) is 3.22. The van der Waals surface area contributed by atoms with Crippen LogP contribution in [0.1, 0.15) is 12.8 Å². The van der Waals surface area contributed by atoms with Crippen LogP contribution in [0, 0.1) is 5.92 Å². The fraction of sp³-hybridized carbons (Fsp3) is 0.533. The van der Waals surface area contributed by atoms with Crippen molar-refractivity contribution < 1.29 is 9.53 Å². The van der Waals surface area contributed by atoms with Gasteiger partial charge in [0.25, 0.3) is 0 Å². The second-order valence-corrected chi connectivity index (χ2v) is 5.57. The molecule has 0 radical (unpaired) electrons. The third-order valence-corrected chi connectivity index (χ3v) is 3.75. The molecule has 5 heteroatoms. The Balaban J connectivity index is 1.56. The number of ether oxygens (including phenoxy) is 1. The summed E-state index contributed by atoms with van der Waals surface area (Å²) in [6, 6.07) is 5.77. The lowest BCUT2D eigenvalue weighted by Gasteiger charge is -2.28. The molecule has 3 rings (SSSR count). The number of hydrogen-bond acceptors (Lipinski definition) is 4. The zero-order chi connectivity index (χ0) is 13.9. The highest BCUT2D eigenvalue weighted by Crippen LogP contribution is 2.33. The summed E-state index contributed by atoms with van der Waals surface area (Å²) in [5.74, 6) is 1.67. The smallest absolute Gasteiger partial charge is 0.238 e. The Morgan fingerprint density at radius 1 is 1.45 bits per heavy atom. The maximum absolute atomic E-state index is 11.8. The molecule has 1 saturated carbocycles. The average molecular weight is 275 g/mol. The van der Waals surface area contributed by atoms with E-state index in [0.29, 0.717) is 13.2 Å². The van der Waals surface area contributed by atoms with Crippen LogP contribution >= 0.6 is 0 Å². The number of anilines is 2. The van der Waals surface area contributed by atoms with Gasteiger partial charge in [-0.25, -0.2) is 0 Å². The number of amides is 1. The monoisotopic (exact) mass is 275 g/mol. The van der Waals surface area contributed by atoms with Gasteiger partial charge in [0, 0.05) is 12.7 Å². The molecule has 0 aromatic heterocycles. The maximum Gasteiger partial charge on any atom is 0.238 e. The molecule has 1 aliphatic heterocycles. The fourth-order valence-corrected chi connectivity index (χ4v) is 2.35. The molecule has 108 valence electrons. The van der Waals surface area contributed by atoms with E-state index < -0.39 is 0 Å². The quantitative estimate of drug-likeness (QED) is 0.854. The van der Waals surface area contributed by atoms with E-state index in [0.717, 1.165) is 36.1 Å². The summed E-state index contributed by atoms with van der Waals surface area (Å²) in [5, 5.41) is 6.11. The predicted octanol–water partition coefficient (Wildman–Crippen LogP) is 1.45. The first-order chi connectivity index (χ1) is 9.72. The van der Waals surface area contributed by atoms with Gasteiger partial charge in [-0.1, -0.05) is 0 Å². The van der Waals surface area contributed by atoms with Gasteiger partial charge in [-0.15, -0.1) is 0 Å². The van der Waals surface area contributed by atoms with E-state index in [1.165, 1.54) is 12.8 Å². The van der Waals surface area contributed by atoms with Gasteiger partial charge < -0.3 is 20.3 Å². The first-order valence-electron chi connectivity index (χ1n) is 7.21. The van der Waals surface area contributed by atoms with Crippen molar-refractivity contribution in [1.82, 2.24) is 5.32 Å². The number of nitrogens with one attached hydrogen (secondary N) is 2. The lowest BCUT2D eigenvalue weighted by atomic mass is 10.2. The fourth-order valence-electron chi connectivity index (χ4n) is 2.35. The highest BCUT2D eigenvalue weighted by Gasteiger charge is 2.20. The molecule has 20 heavy (non-hydrogen) atoms. The first-order valence-corrected chi connectivity index (χ1v) is 7.21. The van der Waals surface area contributed by atoms with Crippen molar-refractivity contribution in [1.29, 1.82) is 0 Å². The van der Waals surface area contributed by atoms with Crippen LogP contribution in [-0.2, 0) is 4.79 Å². The summed E-state index contributed by atoms with van der Waals surface area (Å²) in [6.07, 6.45) is 2.59. The van der Waals surface area contributed by atoms with Crippen molar-refractivity contribution in [3.05, 3.63) is 18.2 Å². The number of fused-ring (bicyclic) bond motifs is 1. The molecule has 1 aromatic rings. The van der Waals surface area contributed by atoms with Crippen molar-refractivity contribution in [2.75, 3.05) is 43.5 Å². The van der Waals surface area contributed by atoms with E-state index in [4.69, 9.17) is 4.74 Å². The van der Waals surface area contributed by atoms with Crippen LogP contribution < -0.4 is 20.3 Å². The van der Waals surface area contributed by atoms with Crippen LogP contribution in [0.15, 0.2) is 18.2 Å². The summed E-state index contributed by atoms with van der Waals surface area (Å²) in [7, 11) is 2.03. The van der Waals surface area contributed by atoms with E-state index >= 15 is 0 Å². The predicted molar refractivity (Wildman–Crippen MR) is 79.4 cm³/mol. The average Bonchev–Trinajstić information content (AvgIpc) is 3.24. The third-order valence-electron chi connectivity index (χ3n) is 3.75. The minimum Gasteiger partial charge on any atom is -0.490 e. The molecule has 0 bridgehead atoms. The number of carbonyl (C=O) groups excluding carboxylic acids is 1. The van der Waals surface area contributed by atoms with Crippen LogP contribution in [0.25, 0.3) is 0 Å². The number of nitrogens with zero attached hydrogens (tertiary/aromatic N) is 1. The normalized spacial score (nSPS) is 17.4. The molecule has 1 heterocycles. The molecule has 0 atom stereocenters. The van der Waals surface area contributed by atoms with E-state index in [-0.39, 0.29) is 5.91 Å². The summed E-state index contributed by atoms with van der Waals surface area (Å²) in [6.45, 7) is 2.90.